The minimum absolute atomic E-state index is 0.0261. The summed E-state index contributed by atoms with van der Waals surface area (Å²) in [6.07, 6.45) is -0.740. The van der Waals surface area contributed by atoms with E-state index in [-0.39, 0.29) is 30.6 Å². The van der Waals surface area contributed by atoms with Gasteiger partial charge in [0.15, 0.2) is 5.82 Å². The Hall–Kier alpha value is -3.75. The van der Waals surface area contributed by atoms with Gasteiger partial charge in [-0.25, -0.2) is 9.59 Å². The number of rotatable bonds is 9. The smallest absolute Gasteiger partial charge is 0.326 e. The lowest BCUT2D eigenvalue weighted by molar-refractivity contribution is -0.140. The number of hydrogen-bond donors (Lipinski definition) is 7. The molecule has 1 rings (SSSR count). The van der Waals surface area contributed by atoms with Crippen LogP contribution in [0.15, 0.2) is 4.52 Å². The predicted molar refractivity (Wildman–Crippen MR) is 90.5 cm³/mol. The van der Waals surface area contributed by atoms with Gasteiger partial charge in [0.2, 0.25) is 23.6 Å². The molecule has 15 nitrogen and oxygen atoms in total. The van der Waals surface area contributed by atoms with Gasteiger partial charge in [-0.3, -0.25) is 14.4 Å². The third-order valence-electron chi connectivity index (χ3n) is 2.65. The van der Waals surface area contributed by atoms with Gasteiger partial charge in [0.1, 0.15) is 6.04 Å². The summed E-state index contributed by atoms with van der Waals surface area (Å²) < 4.78 is 4.81. The first-order valence-electron chi connectivity index (χ1n) is 7.60. The van der Waals surface area contributed by atoms with E-state index in [2.05, 4.69) is 21.2 Å². The topological polar surface area (TPSA) is 273 Å². The molecular weight excluding hydrogens is 380 g/mol. The number of nitrogens with zero attached hydrogens (tertiary/aromatic N) is 2. The van der Waals surface area contributed by atoms with Gasteiger partial charge in [-0.15, -0.1) is 0 Å². The molecule has 0 saturated heterocycles. The number of amides is 5. The maximum atomic E-state index is 11.6. The molecule has 11 N–H and O–H groups in total. The second kappa shape index (κ2) is 11.8. The average Bonchev–Trinajstić information content (AvgIpc) is 2.99. The predicted octanol–water partition coefficient (Wildman–Crippen LogP) is -3.44. The minimum atomic E-state index is -1.47. The first-order chi connectivity index (χ1) is 12.9. The van der Waals surface area contributed by atoms with Crippen molar-refractivity contribution in [2.45, 2.75) is 38.4 Å². The van der Waals surface area contributed by atoms with E-state index < -0.39 is 42.3 Å². The standard InChI is InChI=1S/C11H17N7O6.C2H5NO/c12-4(1-6(13)19)9-17-8(24-18-9)3-15-11(23)16-5(10(21)22)2-7(14)20;1-2(3)4/h4-5H,1-3,12H2,(H2,13,19)(H2,14,20)(H,21,22)(H2,15,16,23);1H3,(H2,3,4)/t4-,5?;/m0./s1. The molecule has 0 aliphatic heterocycles. The van der Waals surface area contributed by atoms with Crippen LogP contribution in [-0.4, -0.2) is 51.0 Å². The lowest BCUT2D eigenvalue weighted by Crippen LogP contribution is -2.47. The van der Waals surface area contributed by atoms with Crippen LogP contribution in [0.5, 0.6) is 0 Å². The third kappa shape index (κ3) is 11.0. The monoisotopic (exact) mass is 402 g/mol. The largest absolute Gasteiger partial charge is 0.480 e. The van der Waals surface area contributed by atoms with Gasteiger partial charge < -0.3 is 43.2 Å². The molecule has 0 aliphatic rings. The van der Waals surface area contributed by atoms with Crippen LogP contribution in [0.3, 0.4) is 0 Å². The summed E-state index contributed by atoms with van der Waals surface area (Å²) in [6, 6.07) is -3.20. The normalized spacial score (nSPS) is 11.9. The van der Waals surface area contributed by atoms with Crippen molar-refractivity contribution in [3.8, 4) is 0 Å². The number of carbonyl (C=O) groups is 5. The van der Waals surface area contributed by atoms with E-state index in [1.807, 2.05) is 5.32 Å². The molecule has 1 aromatic heterocycles. The molecule has 5 amide bonds. The molecule has 1 unspecified atom stereocenters. The summed E-state index contributed by atoms with van der Waals surface area (Å²) in [5.74, 6) is -3.26. The fourth-order valence-electron chi connectivity index (χ4n) is 1.56. The molecule has 0 spiro atoms. The Morgan fingerprint density at radius 3 is 2.11 bits per heavy atom. The van der Waals surface area contributed by atoms with Gasteiger partial charge in [0, 0.05) is 13.3 Å². The lowest BCUT2D eigenvalue weighted by atomic mass is 10.2. The number of carboxylic acid groups (broad SMARTS) is 1. The highest BCUT2D eigenvalue weighted by molar-refractivity contribution is 5.87. The lowest BCUT2D eigenvalue weighted by Gasteiger charge is -2.12. The Balaban J connectivity index is 0.00000165. The van der Waals surface area contributed by atoms with E-state index in [1.54, 1.807) is 0 Å². The fraction of sp³-hybridized carbons (Fsp3) is 0.462. The van der Waals surface area contributed by atoms with E-state index in [4.69, 9.17) is 26.8 Å². The van der Waals surface area contributed by atoms with Crippen LogP contribution in [0, 0.1) is 0 Å². The van der Waals surface area contributed by atoms with Gasteiger partial charge in [0.05, 0.1) is 19.0 Å². The molecule has 0 aliphatic carbocycles. The van der Waals surface area contributed by atoms with Crippen LogP contribution >= 0.6 is 0 Å². The second-order valence-corrected chi connectivity index (χ2v) is 5.32. The Bertz CT molecular complexity index is 715. The van der Waals surface area contributed by atoms with Gasteiger partial charge in [0.25, 0.3) is 0 Å². The van der Waals surface area contributed by atoms with Crippen molar-refractivity contribution in [1.29, 1.82) is 0 Å². The molecule has 1 aromatic rings. The van der Waals surface area contributed by atoms with E-state index in [0.717, 1.165) is 0 Å². The summed E-state index contributed by atoms with van der Waals surface area (Å²) in [5, 5.41) is 16.7. The Morgan fingerprint density at radius 1 is 1.11 bits per heavy atom. The zero-order valence-electron chi connectivity index (χ0n) is 14.9. The Labute approximate surface area is 158 Å². The first kappa shape index (κ1) is 24.2. The van der Waals surface area contributed by atoms with Gasteiger partial charge >= 0.3 is 12.0 Å². The maximum Gasteiger partial charge on any atom is 0.326 e. The van der Waals surface area contributed by atoms with Crippen molar-refractivity contribution in [3.05, 3.63) is 11.7 Å². The van der Waals surface area contributed by atoms with Gasteiger partial charge in [-0.05, 0) is 0 Å². The maximum absolute atomic E-state index is 11.6. The van der Waals surface area contributed by atoms with Crippen molar-refractivity contribution in [2.24, 2.45) is 22.9 Å². The molecule has 15 heteroatoms. The number of aliphatic carboxylic acids is 1. The Kier molecular flexibility index (Phi) is 10.2. The number of aromatic nitrogens is 2. The van der Waals surface area contributed by atoms with Crippen molar-refractivity contribution in [2.75, 3.05) is 0 Å². The van der Waals surface area contributed by atoms with Crippen molar-refractivity contribution < 1.29 is 33.6 Å². The van der Waals surface area contributed by atoms with Crippen LogP contribution in [0.4, 0.5) is 4.79 Å². The number of nitrogens with one attached hydrogen (secondary N) is 2. The number of carboxylic acids is 1. The molecule has 1 heterocycles. The van der Waals surface area contributed by atoms with Crippen LogP contribution < -0.4 is 33.6 Å². The number of nitrogens with two attached hydrogens (primary N) is 4. The molecular formula is C13H22N8O7. The molecule has 2 atom stereocenters. The highest BCUT2D eigenvalue weighted by Gasteiger charge is 2.22. The van der Waals surface area contributed by atoms with Gasteiger partial charge in [-0.2, -0.15) is 4.98 Å². The molecule has 0 bridgehead atoms. The van der Waals surface area contributed by atoms with E-state index in [1.165, 1.54) is 6.92 Å². The van der Waals surface area contributed by atoms with Crippen molar-refractivity contribution in [3.63, 3.8) is 0 Å². The van der Waals surface area contributed by atoms with E-state index in [0.29, 0.717) is 0 Å². The zero-order valence-corrected chi connectivity index (χ0v) is 14.9. The first-order valence-corrected chi connectivity index (χ1v) is 7.60. The number of primary amides is 3. The van der Waals surface area contributed by atoms with Crippen molar-refractivity contribution >= 4 is 29.7 Å². The second-order valence-electron chi connectivity index (χ2n) is 5.32. The Morgan fingerprint density at radius 2 is 1.64 bits per heavy atom. The average molecular weight is 402 g/mol. The highest BCUT2D eigenvalue weighted by Crippen LogP contribution is 2.09. The molecule has 156 valence electrons. The summed E-state index contributed by atoms with van der Waals surface area (Å²) in [4.78, 5) is 57.0. The summed E-state index contributed by atoms with van der Waals surface area (Å²) in [6.45, 7) is 1.07. The SMILES string of the molecule is CC(N)=O.NC(=O)CC(NC(=O)NCc1nc([C@@H](N)CC(N)=O)no1)C(=O)O. The third-order valence-corrected chi connectivity index (χ3v) is 2.65. The van der Waals surface area contributed by atoms with E-state index in [9.17, 15) is 24.0 Å². The van der Waals surface area contributed by atoms with Crippen LogP contribution in [0.1, 0.15) is 37.5 Å². The van der Waals surface area contributed by atoms with Crippen molar-refractivity contribution in [1.82, 2.24) is 20.8 Å². The zero-order chi connectivity index (χ0) is 21.9. The molecule has 0 aromatic carbocycles. The number of carbonyl (C=O) groups excluding carboxylic acids is 4. The molecule has 0 radical (unpaired) electrons. The molecule has 0 saturated carbocycles. The summed E-state index contributed by atoms with van der Waals surface area (Å²) in [5.41, 5.74) is 20.0. The number of hydrogen-bond acceptors (Lipinski definition) is 9. The number of urea groups is 1. The highest BCUT2D eigenvalue weighted by atomic mass is 16.5. The van der Waals surface area contributed by atoms with Gasteiger partial charge in [-0.1, -0.05) is 5.16 Å². The fourth-order valence-corrected chi connectivity index (χ4v) is 1.56. The summed E-state index contributed by atoms with van der Waals surface area (Å²) in [7, 11) is 0. The van der Waals surface area contributed by atoms with E-state index >= 15 is 0 Å². The van der Waals surface area contributed by atoms with Crippen LogP contribution in [0.2, 0.25) is 0 Å². The minimum Gasteiger partial charge on any atom is -0.480 e. The quantitative estimate of drug-likeness (QED) is 0.214. The van der Waals surface area contributed by atoms with Crippen LogP contribution in [-0.2, 0) is 25.7 Å². The summed E-state index contributed by atoms with van der Waals surface area (Å²) >= 11 is 0. The molecule has 28 heavy (non-hydrogen) atoms. The molecule has 0 fully saturated rings. The van der Waals surface area contributed by atoms with Crippen LogP contribution in [0.25, 0.3) is 0 Å².